The molecule has 0 radical (unpaired) electrons. The fraction of sp³-hybridized carbons (Fsp3) is 0.500. The molecule has 1 aromatic carbocycles. The zero-order valence-electron chi connectivity index (χ0n) is 21.9. The molecule has 7 nitrogen and oxygen atoms in total. The first kappa shape index (κ1) is 24.0. The Morgan fingerprint density at radius 1 is 1.03 bits per heavy atom. The molecule has 0 spiro atoms. The number of aromatic nitrogens is 2. The second kappa shape index (κ2) is 9.83. The van der Waals surface area contributed by atoms with Crippen LogP contribution in [0.25, 0.3) is 16.6 Å². The van der Waals surface area contributed by atoms with E-state index in [2.05, 4.69) is 77.4 Å². The molecule has 1 atom stereocenters. The molecule has 1 aliphatic carbocycles. The summed E-state index contributed by atoms with van der Waals surface area (Å²) in [4.78, 5) is 19.7. The maximum Gasteiger partial charge on any atom is 0.225 e. The molecule has 1 amide bonds. The zero-order chi connectivity index (χ0) is 25.5. The fourth-order valence-electron chi connectivity index (χ4n) is 6.25. The number of nitriles is 1. The molecule has 192 valence electrons. The van der Waals surface area contributed by atoms with Crippen molar-refractivity contribution in [2.75, 3.05) is 44.2 Å². The van der Waals surface area contributed by atoms with Gasteiger partial charge in [0.05, 0.1) is 17.3 Å². The van der Waals surface area contributed by atoms with E-state index in [1.165, 1.54) is 29.7 Å². The molecule has 0 bridgehead atoms. The van der Waals surface area contributed by atoms with Crippen LogP contribution < -0.4 is 4.90 Å². The van der Waals surface area contributed by atoms with Gasteiger partial charge in [0.15, 0.2) is 0 Å². The van der Waals surface area contributed by atoms with Crippen molar-refractivity contribution in [2.24, 2.45) is 11.8 Å². The van der Waals surface area contributed by atoms with Gasteiger partial charge in [-0.1, -0.05) is 24.3 Å². The number of anilines is 1. The lowest BCUT2D eigenvalue weighted by Gasteiger charge is -2.40. The van der Waals surface area contributed by atoms with E-state index in [1.54, 1.807) is 0 Å². The summed E-state index contributed by atoms with van der Waals surface area (Å²) >= 11 is 0. The fourth-order valence-corrected chi connectivity index (χ4v) is 6.25. The minimum atomic E-state index is 0.0474. The van der Waals surface area contributed by atoms with Gasteiger partial charge in [0.2, 0.25) is 5.91 Å². The van der Waals surface area contributed by atoms with Crippen LogP contribution in [0.5, 0.6) is 0 Å². The molecular formula is C30H36N6O. The van der Waals surface area contributed by atoms with Gasteiger partial charge in [0.25, 0.3) is 0 Å². The highest BCUT2D eigenvalue weighted by molar-refractivity contribution is 5.82. The van der Waals surface area contributed by atoms with E-state index in [0.29, 0.717) is 12.0 Å². The summed E-state index contributed by atoms with van der Waals surface area (Å²) in [6.07, 6.45) is 6.67. The summed E-state index contributed by atoms with van der Waals surface area (Å²) < 4.78 is 1.98. The van der Waals surface area contributed by atoms with Gasteiger partial charge in [-0.25, -0.2) is 4.52 Å². The average molecular weight is 497 g/mol. The second-order valence-corrected chi connectivity index (χ2v) is 11.3. The number of rotatable bonds is 5. The summed E-state index contributed by atoms with van der Waals surface area (Å²) in [5.74, 6) is 0.971. The Balaban J connectivity index is 1.14. The Morgan fingerprint density at radius 2 is 1.78 bits per heavy atom. The molecule has 4 heterocycles. The Labute approximate surface area is 219 Å². The molecule has 1 saturated carbocycles. The van der Waals surface area contributed by atoms with Gasteiger partial charge in [-0.2, -0.15) is 10.4 Å². The molecule has 2 saturated heterocycles. The van der Waals surface area contributed by atoms with Gasteiger partial charge in [0, 0.05) is 68.6 Å². The van der Waals surface area contributed by atoms with Crippen LogP contribution in [0, 0.1) is 23.2 Å². The summed E-state index contributed by atoms with van der Waals surface area (Å²) in [7, 11) is 0. The van der Waals surface area contributed by atoms with Crippen molar-refractivity contribution in [3.8, 4) is 17.2 Å². The highest BCUT2D eigenvalue weighted by atomic mass is 16.2. The lowest BCUT2D eigenvalue weighted by Crippen LogP contribution is -2.52. The zero-order valence-corrected chi connectivity index (χ0v) is 21.9. The molecule has 6 rings (SSSR count). The molecule has 2 aliphatic heterocycles. The van der Waals surface area contributed by atoms with E-state index >= 15 is 0 Å². The van der Waals surface area contributed by atoms with Crippen LogP contribution in [0.15, 0.2) is 48.8 Å². The van der Waals surface area contributed by atoms with Gasteiger partial charge in [-0.05, 0) is 68.8 Å². The second-order valence-electron chi connectivity index (χ2n) is 11.3. The molecule has 0 N–H and O–H groups in total. The minimum Gasteiger partial charge on any atom is -0.366 e. The number of hydrogen-bond acceptors (Lipinski definition) is 5. The molecule has 3 aromatic rings. The van der Waals surface area contributed by atoms with Crippen molar-refractivity contribution in [1.29, 1.82) is 5.26 Å². The van der Waals surface area contributed by atoms with Crippen molar-refractivity contribution in [3.63, 3.8) is 0 Å². The summed E-state index contributed by atoms with van der Waals surface area (Å²) in [5.41, 5.74) is 6.09. The largest absolute Gasteiger partial charge is 0.366 e. The number of nitrogens with zero attached hydrogens (tertiary/aromatic N) is 6. The average Bonchev–Trinajstić information content (AvgIpc) is 3.56. The lowest BCUT2D eigenvalue weighted by atomic mass is 9.75. The van der Waals surface area contributed by atoms with Crippen molar-refractivity contribution in [2.45, 2.75) is 45.1 Å². The van der Waals surface area contributed by atoms with E-state index in [9.17, 15) is 4.79 Å². The van der Waals surface area contributed by atoms with E-state index in [1.807, 2.05) is 15.6 Å². The first-order chi connectivity index (χ1) is 18.0. The topological polar surface area (TPSA) is 67.9 Å². The standard InChI is InChI=1S/C30H36N6O/c1-21(2)35-10-8-25(19-35)23-3-5-24(6-4-23)27-17-29-28(7-9-32-36(29)20-27)33-11-13-34(14-12-33)30(37)26-15-22(16-26)18-31/h3-7,9,17,20-22,25-26H,8,10-16,19H2,1-2H3/t22-,25-,26-/m0/s1. The van der Waals surface area contributed by atoms with Crippen molar-refractivity contribution >= 4 is 17.1 Å². The Bertz CT molecular complexity index is 1310. The molecular weight excluding hydrogens is 460 g/mol. The number of carbonyl (C=O) groups is 1. The summed E-state index contributed by atoms with van der Waals surface area (Å²) in [6.45, 7) is 9.98. The number of likely N-dealkylation sites (tertiary alicyclic amines) is 1. The highest BCUT2D eigenvalue weighted by Gasteiger charge is 2.37. The molecule has 0 unspecified atom stereocenters. The predicted molar refractivity (Wildman–Crippen MR) is 145 cm³/mol. The number of hydrogen-bond donors (Lipinski definition) is 0. The van der Waals surface area contributed by atoms with Crippen LogP contribution in [-0.4, -0.2) is 70.6 Å². The van der Waals surface area contributed by atoms with E-state index < -0.39 is 0 Å². The van der Waals surface area contributed by atoms with Crippen molar-refractivity contribution in [1.82, 2.24) is 19.4 Å². The SMILES string of the molecule is CC(C)N1CC[C@H](c2ccc(-c3cc4c(N5CCN(C(=O)[C@H]6C[C@H](C#N)C6)CC5)ccnn4c3)cc2)C1. The van der Waals surface area contributed by atoms with Crippen LogP contribution in [-0.2, 0) is 4.79 Å². The lowest BCUT2D eigenvalue weighted by molar-refractivity contribution is -0.139. The van der Waals surface area contributed by atoms with Crippen LogP contribution in [0.3, 0.4) is 0 Å². The number of piperazine rings is 1. The van der Waals surface area contributed by atoms with Crippen molar-refractivity contribution < 1.29 is 4.79 Å². The third-order valence-electron chi connectivity index (χ3n) is 8.75. The smallest absolute Gasteiger partial charge is 0.225 e. The summed E-state index contributed by atoms with van der Waals surface area (Å²) in [6, 6.07) is 16.3. The number of fused-ring (bicyclic) bond motifs is 1. The highest BCUT2D eigenvalue weighted by Crippen LogP contribution is 2.35. The molecule has 2 aromatic heterocycles. The Kier molecular flexibility index (Phi) is 6.37. The van der Waals surface area contributed by atoms with Gasteiger partial charge < -0.3 is 14.7 Å². The maximum atomic E-state index is 12.8. The van der Waals surface area contributed by atoms with Crippen LogP contribution >= 0.6 is 0 Å². The summed E-state index contributed by atoms with van der Waals surface area (Å²) in [5, 5.41) is 13.6. The molecule has 3 fully saturated rings. The predicted octanol–water partition coefficient (Wildman–Crippen LogP) is 4.40. The Hall–Kier alpha value is -3.37. The Morgan fingerprint density at radius 3 is 2.46 bits per heavy atom. The van der Waals surface area contributed by atoms with Crippen LogP contribution in [0.4, 0.5) is 5.69 Å². The van der Waals surface area contributed by atoms with E-state index in [0.717, 1.165) is 56.8 Å². The van der Waals surface area contributed by atoms with Gasteiger partial charge in [-0.15, -0.1) is 0 Å². The van der Waals surface area contributed by atoms with Crippen LogP contribution in [0.1, 0.15) is 44.6 Å². The maximum absolute atomic E-state index is 12.8. The molecule has 3 aliphatic rings. The quantitative estimate of drug-likeness (QED) is 0.524. The van der Waals surface area contributed by atoms with E-state index in [-0.39, 0.29) is 17.7 Å². The minimum absolute atomic E-state index is 0.0474. The van der Waals surface area contributed by atoms with E-state index in [4.69, 9.17) is 5.26 Å². The van der Waals surface area contributed by atoms with Gasteiger partial charge >= 0.3 is 0 Å². The third kappa shape index (κ3) is 4.59. The van der Waals surface area contributed by atoms with Crippen molar-refractivity contribution in [3.05, 3.63) is 54.4 Å². The first-order valence-corrected chi connectivity index (χ1v) is 13.8. The van der Waals surface area contributed by atoms with Gasteiger partial charge in [0.1, 0.15) is 0 Å². The molecule has 37 heavy (non-hydrogen) atoms. The third-order valence-corrected chi connectivity index (χ3v) is 8.75. The molecule has 7 heteroatoms. The number of carbonyl (C=O) groups excluding carboxylic acids is 1. The monoisotopic (exact) mass is 496 g/mol. The van der Waals surface area contributed by atoms with Crippen LogP contribution in [0.2, 0.25) is 0 Å². The first-order valence-electron chi connectivity index (χ1n) is 13.8. The number of benzene rings is 1. The van der Waals surface area contributed by atoms with Gasteiger partial charge in [-0.3, -0.25) is 4.79 Å². The number of amides is 1. The normalized spacial score (nSPS) is 24.4.